The number of rotatable bonds is 4. The van der Waals surface area contributed by atoms with Crippen LogP contribution in [0, 0.1) is 0 Å². The molecule has 0 aliphatic carbocycles. The molecule has 1 aliphatic rings. The van der Waals surface area contributed by atoms with Crippen molar-refractivity contribution in [3.8, 4) is 5.69 Å². The van der Waals surface area contributed by atoms with E-state index in [-0.39, 0.29) is 23.4 Å². The molecule has 1 amide bonds. The lowest BCUT2D eigenvalue weighted by molar-refractivity contribution is -0.0323. The third-order valence-corrected chi connectivity index (χ3v) is 4.36. The first-order valence-electron chi connectivity index (χ1n) is 8.46. The summed E-state index contributed by atoms with van der Waals surface area (Å²) >= 11 is 0. The van der Waals surface area contributed by atoms with Crippen LogP contribution in [0.2, 0.25) is 0 Å². The van der Waals surface area contributed by atoms with Gasteiger partial charge in [-0.25, -0.2) is 9.48 Å². The monoisotopic (exact) mass is 367 g/mol. The fraction of sp³-hybridized carbons (Fsp3) is 0.211. The molecule has 27 heavy (non-hydrogen) atoms. The largest absolute Gasteiger partial charge is 0.476 e. The van der Waals surface area contributed by atoms with Gasteiger partial charge in [0.25, 0.3) is 5.91 Å². The van der Waals surface area contributed by atoms with Crippen LogP contribution in [-0.4, -0.2) is 51.4 Å². The summed E-state index contributed by atoms with van der Waals surface area (Å²) in [5.41, 5.74) is 0.626. The van der Waals surface area contributed by atoms with E-state index in [0.29, 0.717) is 31.1 Å². The first kappa shape index (κ1) is 17.0. The minimum atomic E-state index is -1.19. The number of furan rings is 1. The number of morpholine rings is 1. The van der Waals surface area contributed by atoms with E-state index in [1.165, 1.54) is 10.7 Å². The Balaban J connectivity index is 1.66. The van der Waals surface area contributed by atoms with Crippen LogP contribution in [0.4, 0.5) is 0 Å². The minimum Gasteiger partial charge on any atom is -0.476 e. The molecule has 0 bridgehead atoms. The smallest absolute Gasteiger partial charge is 0.356 e. The highest BCUT2D eigenvalue weighted by atomic mass is 16.5. The van der Waals surface area contributed by atoms with Crippen LogP contribution in [0.3, 0.4) is 0 Å². The Hall–Kier alpha value is -3.39. The number of nitrogens with zero attached hydrogens (tertiary/aromatic N) is 3. The first-order chi connectivity index (χ1) is 13.1. The Morgan fingerprint density at radius 1 is 1.15 bits per heavy atom. The van der Waals surface area contributed by atoms with E-state index in [2.05, 4.69) is 5.10 Å². The van der Waals surface area contributed by atoms with Crippen LogP contribution < -0.4 is 0 Å². The van der Waals surface area contributed by atoms with Crippen molar-refractivity contribution in [2.24, 2.45) is 0 Å². The van der Waals surface area contributed by atoms with Gasteiger partial charge in [-0.1, -0.05) is 18.2 Å². The number of carboxylic acid groups (broad SMARTS) is 1. The van der Waals surface area contributed by atoms with Gasteiger partial charge in [0.1, 0.15) is 17.6 Å². The third kappa shape index (κ3) is 3.34. The number of hydrogen-bond donors (Lipinski definition) is 1. The first-order valence-corrected chi connectivity index (χ1v) is 8.46. The molecule has 1 N–H and O–H groups in total. The topological polar surface area (TPSA) is 97.8 Å². The molecule has 8 heteroatoms. The van der Waals surface area contributed by atoms with Crippen molar-refractivity contribution in [2.75, 3.05) is 19.7 Å². The summed E-state index contributed by atoms with van der Waals surface area (Å²) < 4.78 is 12.4. The summed E-state index contributed by atoms with van der Waals surface area (Å²) in [5.74, 6) is -0.844. The maximum absolute atomic E-state index is 13.1. The van der Waals surface area contributed by atoms with E-state index in [1.54, 1.807) is 47.6 Å². The molecule has 1 atom stereocenters. The van der Waals surface area contributed by atoms with E-state index in [0.717, 1.165) is 0 Å². The van der Waals surface area contributed by atoms with Crippen LogP contribution in [-0.2, 0) is 4.74 Å². The number of carbonyl (C=O) groups is 2. The quantitative estimate of drug-likeness (QED) is 0.760. The van der Waals surface area contributed by atoms with Gasteiger partial charge in [0.05, 0.1) is 25.1 Å². The Labute approximate surface area is 154 Å². The van der Waals surface area contributed by atoms with Crippen molar-refractivity contribution in [1.29, 1.82) is 0 Å². The fourth-order valence-electron chi connectivity index (χ4n) is 3.05. The number of aromatic carboxylic acids is 1. The number of para-hydroxylation sites is 1. The maximum atomic E-state index is 13.1. The number of aromatic nitrogens is 2. The van der Waals surface area contributed by atoms with Gasteiger partial charge in [0, 0.05) is 12.6 Å². The average molecular weight is 367 g/mol. The van der Waals surface area contributed by atoms with Gasteiger partial charge in [-0.3, -0.25) is 4.79 Å². The van der Waals surface area contributed by atoms with Gasteiger partial charge in [-0.15, -0.1) is 0 Å². The van der Waals surface area contributed by atoms with Crippen LogP contribution in [0.15, 0.2) is 59.2 Å². The zero-order chi connectivity index (χ0) is 18.8. The second kappa shape index (κ2) is 7.08. The molecule has 138 valence electrons. The highest BCUT2D eigenvalue weighted by Crippen LogP contribution is 2.24. The highest BCUT2D eigenvalue weighted by molar-refractivity contribution is 5.96. The van der Waals surface area contributed by atoms with Crippen LogP contribution in [0.5, 0.6) is 0 Å². The highest BCUT2D eigenvalue weighted by Gasteiger charge is 2.30. The average Bonchev–Trinajstić information content (AvgIpc) is 3.38. The summed E-state index contributed by atoms with van der Waals surface area (Å²) in [7, 11) is 0. The number of ether oxygens (including phenoxy) is 1. The van der Waals surface area contributed by atoms with Crippen molar-refractivity contribution in [3.63, 3.8) is 0 Å². The van der Waals surface area contributed by atoms with Crippen LogP contribution >= 0.6 is 0 Å². The fourth-order valence-corrected chi connectivity index (χ4v) is 3.05. The molecule has 1 aromatic carbocycles. The molecule has 3 aromatic rings. The number of hydrogen-bond acceptors (Lipinski definition) is 5. The number of amides is 1. The molecular weight excluding hydrogens is 350 g/mol. The standard InChI is InChI=1S/C19H17N3O5/c23-18(21-8-10-27-17(12-21)16-7-4-9-26-16)15-11-14(19(24)25)20-22(15)13-5-2-1-3-6-13/h1-7,9,11,17H,8,10,12H2,(H,24,25)/t17-/m1/s1. The predicted molar refractivity (Wildman–Crippen MR) is 93.8 cm³/mol. The van der Waals surface area contributed by atoms with Gasteiger partial charge in [-0.05, 0) is 24.3 Å². The third-order valence-electron chi connectivity index (χ3n) is 4.36. The summed E-state index contributed by atoms with van der Waals surface area (Å²) in [6.45, 7) is 1.08. The van der Waals surface area contributed by atoms with E-state index < -0.39 is 5.97 Å². The molecule has 0 spiro atoms. The summed E-state index contributed by atoms with van der Waals surface area (Å²) in [5, 5.41) is 13.4. The summed E-state index contributed by atoms with van der Waals surface area (Å²) in [6.07, 6.45) is 1.20. The Bertz CT molecular complexity index is 949. The van der Waals surface area contributed by atoms with Crippen LogP contribution in [0.1, 0.15) is 32.8 Å². The number of carboxylic acids is 1. The molecule has 1 fully saturated rings. The molecule has 8 nitrogen and oxygen atoms in total. The van der Waals surface area contributed by atoms with Crippen molar-refractivity contribution in [3.05, 3.63) is 71.9 Å². The lowest BCUT2D eigenvalue weighted by Crippen LogP contribution is -2.42. The summed E-state index contributed by atoms with van der Waals surface area (Å²) in [6, 6.07) is 13.8. The van der Waals surface area contributed by atoms with Crippen LogP contribution in [0.25, 0.3) is 5.69 Å². The minimum absolute atomic E-state index is 0.182. The molecule has 2 aromatic heterocycles. The van der Waals surface area contributed by atoms with E-state index >= 15 is 0 Å². The normalized spacial score (nSPS) is 17.0. The van der Waals surface area contributed by atoms with E-state index in [1.807, 2.05) is 6.07 Å². The SMILES string of the molecule is O=C(O)c1cc(C(=O)N2CCO[C@@H](c3ccco3)C2)n(-c2ccccc2)n1. The van der Waals surface area contributed by atoms with Crippen molar-refractivity contribution in [2.45, 2.75) is 6.10 Å². The van der Waals surface area contributed by atoms with Gasteiger partial charge in [0.2, 0.25) is 0 Å². The maximum Gasteiger partial charge on any atom is 0.356 e. The molecule has 0 unspecified atom stereocenters. The molecule has 3 heterocycles. The lowest BCUT2D eigenvalue weighted by Gasteiger charge is -2.32. The molecule has 4 rings (SSSR count). The second-order valence-electron chi connectivity index (χ2n) is 6.09. The summed E-state index contributed by atoms with van der Waals surface area (Å²) in [4.78, 5) is 26.1. The molecular formula is C19H17N3O5. The van der Waals surface area contributed by atoms with Crippen molar-refractivity contribution >= 4 is 11.9 Å². The molecule has 1 saturated heterocycles. The number of benzene rings is 1. The zero-order valence-electron chi connectivity index (χ0n) is 14.3. The van der Waals surface area contributed by atoms with Crippen molar-refractivity contribution < 1.29 is 23.8 Å². The Morgan fingerprint density at radius 3 is 2.67 bits per heavy atom. The Kier molecular flexibility index (Phi) is 4.47. The van der Waals surface area contributed by atoms with Crippen molar-refractivity contribution in [1.82, 2.24) is 14.7 Å². The Morgan fingerprint density at radius 2 is 1.96 bits per heavy atom. The molecule has 0 radical (unpaired) electrons. The molecule has 1 aliphatic heterocycles. The second-order valence-corrected chi connectivity index (χ2v) is 6.09. The van der Waals surface area contributed by atoms with Gasteiger partial charge < -0.3 is 19.2 Å². The van der Waals surface area contributed by atoms with E-state index in [4.69, 9.17) is 9.15 Å². The predicted octanol–water partition coefficient (Wildman–Crippen LogP) is 2.38. The van der Waals surface area contributed by atoms with Gasteiger partial charge >= 0.3 is 5.97 Å². The molecule has 0 saturated carbocycles. The van der Waals surface area contributed by atoms with Gasteiger partial charge in [-0.2, -0.15) is 5.10 Å². The lowest BCUT2D eigenvalue weighted by atomic mass is 10.2. The number of carbonyl (C=O) groups excluding carboxylic acids is 1. The zero-order valence-corrected chi connectivity index (χ0v) is 14.3. The van der Waals surface area contributed by atoms with Gasteiger partial charge in [0.15, 0.2) is 5.69 Å². The van der Waals surface area contributed by atoms with E-state index in [9.17, 15) is 14.7 Å².